The van der Waals surface area contributed by atoms with Gasteiger partial charge in [-0.3, -0.25) is 0 Å². The van der Waals surface area contributed by atoms with E-state index < -0.39 is 0 Å². The van der Waals surface area contributed by atoms with Crippen LogP contribution in [0.25, 0.3) is 32.3 Å². The first-order valence-electron chi connectivity index (χ1n) is 17.9. The van der Waals surface area contributed by atoms with Crippen LogP contribution in [0.5, 0.6) is 0 Å². The molecular weight excluding hydrogens is 633 g/mol. The molecule has 0 heterocycles. The molecule has 4 heteroatoms. The van der Waals surface area contributed by atoms with Gasteiger partial charge in [0.05, 0.1) is 34.6 Å². The molecule has 0 saturated heterocycles. The van der Waals surface area contributed by atoms with E-state index in [1.807, 2.05) is 48.5 Å². The van der Waals surface area contributed by atoms with Gasteiger partial charge >= 0.3 is 0 Å². The average Bonchev–Trinajstić information content (AvgIpc) is 3.20. The Balaban J connectivity index is 1.42. The Morgan fingerprint density at radius 3 is 1.04 bits per heavy atom. The summed E-state index contributed by atoms with van der Waals surface area (Å²) in [6, 6.07) is 51.7. The standard InChI is InChI=1S/C48H38N4/c1-5-33-7-15-37(16-8-33)51(39-19-11-35(29-49)12-20-39)45-27-31(3)41-24-26-44-46(28-32(4)42-23-25-43(45)47(41)48(42)44)52(38-17-9-34(6-2)10-18-38)40-21-13-36(30-50)14-22-40/h7-28H,5-6H2,1-4H3. The van der Waals surface area contributed by atoms with Crippen LogP contribution in [-0.4, -0.2) is 0 Å². The molecule has 0 fully saturated rings. The van der Waals surface area contributed by atoms with Crippen LogP contribution < -0.4 is 9.80 Å². The molecule has 250 valence electrons. The van der Waals surface area contributed by atoms with Gasteiger partial charge in [-0.2, -0.15) is 10.5 Å². The summed E-state index contributed by atoms with van der Waals surface area (Å²) < 4.78 is 0. The van der Waals surface area contributed by atoms with Crippen molar-refractivity contribution >= 4 is 66.4 Å². The highest BCUT2D eigenvalue weighted by Crippen LogP contribution is 2.49. The Kier molecular flexibility index (Phi) is 8.30. The van der Waals surface area contributed by atoms with Gasteiger partial charge in [-0.15, -0.1) is 0 Å². The lowest BCUT2D eigenvalue weighted by molar-refractivity contribution is 1.14. The Labute approximate surface area is 305 Å². The Morgan fingerprint density at radius 2 is 0.731 bits per heavy atom. The maximum Gasteiger partial charge on any atom is 0.0991 e. The van der Waals surface area contributed by atoms with Crippen molar-refractivity contribution in [2.75, 3.05) is 9.80 Å². The van der Waals surface area contributed by atoms with Crippen molar-refractivity contribution in [2.45, 2.75) is 40.5 Å². The molecule has 4 nitrogen and oxygen atoms in total. The molecule has 52 heavy (non-hydrogen) atoms. The van der Waals surface area contributed by atoms with Gasteiger partial charge in [0.25, 0.3) is 0 Å². The quantitative estimate of drug-likeness (QED) is 0.151. The van der Waals surface area contributed by atoms with Crippen LogP contribution in [-0.2, 0) is 12.8 Å². The minimum atomic E-state index is 0.635. The van der Waals surface area contributed by atoms with Crippen LogP contribution in [0.3, 0.4) is 0 Å². The van der Waals surface area contributed by atoms with Crippen LogP contribution >= 0.6 is 0 Å². The highest BCUT2D eigenvalue weighted by molar-refractivity contribution is 6.29. The van der Waals surface area contributed by atoms with Crippen molar-refractivity contribution < 1.29 is 0 Å². The lowest BCUT2D eigenvalue weighted by atomic mass is 9.88. The van der Waals surface area contributed by atoms with Crippen LogP contribution in [0.15, 0.2) is 133 Å². The zero-order chi connectivity index (χ0) is 35.9. The van der Waals surface area contributed by atoms with Crippen molar-refractivity contribution in [1.82, 2.24) is 0 Å². The monoisotopic (exact) mass is 670 g/mol. The number of aryl methyl sites for hydroxylation is 4. The van der Waals surface area contributed by atoms with Gasteiger partial charge in [-0.1, -0.05) is 62.4 Å². The van der Waals surface area contributed by atoms with Crippen LogP contribution in [0.4, 0.5) is 34.1 Å². The van der Waals surface area contributed by atoms with Gasteiger partial charge in [0.15, 0.2) is 0 Å². The highest BCUT2D eigenvalue weighted by atomic mass is 15.1. The van der Waals surface area contributed by atoms with E-state index in [9.17, 15) is 10.5 Å². The molecule has 8 rings (SSSR count). The van der Waals surface area contributed by atoms with Crippen molar-refractivity contribution in [1.29, 1.82) is 10.5 Å². The van der Waals surface area contributed by atoms with E-state index in [1.54, 1.807) is 0 Å². The van der Waals surface area contributed by atoms with E-state index in [0.717, 1.165) is 57.7 Å². The summed E-state index contributed by atoms with van der Waals surface area (Å²) in [7, 11) is 0. The predicted molar refractivity (Wildman–Crippen MR) is 217 cm³/mol. The van der Waals surface area contributed by atoms with Gasteiger partial charge in [-0.25, -0.2) is 0 Å². The third-order valence-corrected chi connectivity index (χ3v) is 10.5. The molecule has 8 aromatic rings. The fraction of sp³-hybridized carbons (Fsp3) is 0.125. The van der Waals surface area contributed by atoms with Crippen LogP contribution in [0.2, 0.25) is 0 Å². The first-order valence-corrected chi connectivity index (χ1v) is 17.9. The molecule has 0 N–H and O–H groups in total. The van der Waals surface area contributed by atoms with Crippen molar-refractivity contribution in [2.24, 2.45) is 0 Å². The maximum absolute atomic E-state index is 9.59. The lowest BCUT2D eigenvalue weighted by Gasteiger charge is -2.30. The van der Waals surface area contributed by atoms with E-state index in [4.69, 9.17) is 0 Å². The molecule has 0 atom stereocenters. The molecule has 0 aliphatic heterocycles. The van der Waals surface area contributed by atoms with Gasteiger partial charge < -0.3 is 9.80 Å². The van der Waals surface area contributed by atoms with Gasteiger partial charge in [-0.05, 0) is 155 Å². The fourth-order valence-corrected chi connectivity index (χ4v) is 7.66. The molecule has 0 aliphatic carbocycles. The SMILES string of the molecule is CCc1ccc(N(c2ccc(C#N)cc2)c2cc(C)c3ccc4c(N(c5ccc(C#N)cc5)c5ccc(CC)cc5)cc(C)c5ccc2c3c54)cc1. The molecule has 8 aromatic carbocycles. The van der Waals surface area contributed by atoms with E-state index in [-0.39, 0.29) is 0 Å². The molecule has 0 saturated carbocycles. The molecular formula is C48H38N4. The summed E-state index contributed by atoms with van der Waals surface area (Å²) in [5.74, 6) is 0. The molecule has 0 amide bonds. The molecule has 0 spiro atoms. The number of rotatable bonds is 8. The van der Waals surface area contributed by atoms with Gasteiger partial charge in [0, 0.05) is 33.5 Å². The lowest BCUT2D eigenvalue weighted by Crippen LogP contribution is -2.12. The molecule has 0 unspecified atom stereocenters. The highest BCUT2D eigenvalue weighted by Gasteiger charge is 2.23. The van der Waals surface area contributed by atoms with E-state index in [1.165, 1.54) is 43.8 Å². The summed E-state index contributed by atoms with van der Waals surface area (Å²) in [5.41, 5.74) is 12.5. The number of nitriles is 2. The van der Waals surface area contributed by atoms with Gasteiger partial charge in [0.1, 0.15) is 0 Å². The first kappa shape index (κ1) is 32.6. The minimum Gasteiger partial charge on any atom is -0.310 e. The van der Waals surface area contributed by atoms with E-state index in [2.05, 4.69) is 135 Å². The normalized spacial score (nSPS) is 11.2. The second-order valence-corrected chi connectivity index (χ2v) is 13.5. The number of anilines is 6. The molecule has 0 bridgehead atoms. The first-order chi connectivity index (χ1) is 25.4. The second-order valence-electron chi connectivity index (χ2n) is 13.5. The molecule has 0 radical (unpaired) electrons. The number of hydrogen-bond acceptors (Lipinski definition) is 4. The Morgan fingerprint density at radius 1 is 0.423 bits per heavy atom. The molecule has 0 aliphatic rings. The number of hydrogen-bond donors (Lipinski definition) is 0. The third-order valence-electron chi connectivity index (χ3n) is 10.5. The number of nitrogens with zero attached hydrogens (tertiary/aromatic N) is 4. The van der Waals surface area contributed by atoms with Crippen molar-refractivity contribution in [3.8, 4) is 12.1 Å². The summed E-state index contributed by atoms with van der Waals surface area (Å²) in [5, 5.41) is 26.4. The third kappa shape index (κ3) is 5.47. The summed E-state index contributed by atoms with van der Waals surface area (Å²) in [4.78, 5) is 4.65. The maximum atomic E-state index is 9.59. The molecule has 0 aromatic heterocycles. The average molecular weight is 671 g/mol. The van der Waals surface area contributed by atoms with E-state index in [0.29, 0.717) is 11.1 Å². The smallest absolute Gasteiger partial charge is 0.0991 e. The summed E-state index contributed by atoms with van der Waals surface area (Å²) >= 11 is 0. The summed E-state index contributed by atoms with van der Waals surface area (Å²) in [6.07, 6.45) is 1.94. The van der Waals surface area contributed by atoms with Crippen molar-refractivity contribution in [3.63, 3.8) is 0 Å². The Bertz CT molecular complexity index is 2470. The topological polar surface area (TPSA) is 54.1 Å². The Hall–Kier alpha value is -6.62. The zero-order valence-corrected chi connectivity index (χ0v) is 29.9. The second kappa shape index (κ2) is 13.3. The van der Waals surface area contributed by atoms with Crippen molar-refractivity contribution in [3.05, 3.63) is 167 Å². The van der Waals surface area contributed by atoms with Crippen LogP contribution in [0, 0.1) is 36.5 Å². The fourth-order valence-electron chi connectivity index (χ4n) is 7.66. The predicted octanol–water partition coefficient (Wildman–Crippen LogP) is 13.0. The largest absolute Gasteiger partial charge is 0.310 e. The van der Waals surface area contributed by atoms with E-state index >= 15 is 0 Å². The van der Waals surface area contributed by atoms with Gasteiger partial charge in [0.2, 0.25) is 0 Å². The minimum absolute atomic E-state index is 0.635. The zero-order valence-electron chi connectivity index (χ0n) is 29.9. The summed E-state index contributed by atoms with van der Waals surface area (Å²) in [6.45, 7) is 8.77. The van der Waals surface area contributed by atoms with Crippen LogP contribution in [0.1, 0.15) is 47.2 Å². The number of benzene rings is 8.